The molecule has 0 saturated carbocycles. The average Bonchev–Trinajstić information content (AvgIpc) is 3.11. The number of nitrogens with zero attached hydrogens (tertiary/aromatic N) is 1. The molecule has 116 valence electrons. The van der Waals surface area contributed by atoms with E-state index in [-0.39, 0.29) is 29.6 Å². The minimum absolute atomic E-state index is 0.0190. The van der Waals surface area contributed by atoms with Crippen LogP contribution in [-0.4, -0.2) is 42.3 Å². The van der Waals surface area contributed by atoms with Gasteiger partial charge < -0.3 is 4.90 Å². The third-order valence-corrected chi connectivity index (χ3v) is 7.24. The van der Waals surface area contributed by atoms with Crippen molar-refractivity contribution in [3.05, 3.63) is 22.4 Å². The number of amides is 1. The Labute approximate surface area is 129 Å². The van der Waals surface area contributed by atoms with Crippen LogP contribution in [0.4, 0.5) is 0 Å². The van der Waals surface area contributed by atoms with Crippen LogP contribution >= 0.6 is 11.3 Å². The van der Waals surface area contributed by atoms with Crippen LogP contribution in [0, 0.1) is 0 Å². The minimum Gasteiger partial charge on any atom is -0.316 e. The van der Waals surface area contributed by atoms with Gasteiger partial charge in [-0.05, 0) is 31.2 Å². The largest absolute Gasteiger partial charge is 0.316 e. The number of sulfone groups is 1. The number of nitrogens with one attached hydrogen (secondary N) is 1. The summed E-state index contributed by atoms with van der Waals surface area (Å²) in [6.45, 7) is 3.88. The molecule has 0 aromatic carbocycles. The highest BCUT2D eigenvalue weighted by Gasteiger charge is 2.51. The van der Waals surface area contributed by atoms with Crippen LogP contribution in [0.1, 0.15) is 37.7 Å². The van der Waals surface area contributed by atoms with E-state index < -0.39 is 15.4 Å². The van der Waals surface area contributed by atoms with Crippen molar-refractivity contribution in [2.45, 2.75) is 44.4 Å². The van der Waals surface area contributed by atoms with Crippen molar-refractivity contribution >= 4 is 27.1 Å². The smallest absolute Gasteiger partial charge is 0.244 e. The maximum absolute atomic E-state index is 12.8. The zero-order chi connectivity index (χ0) is 15.3. The Balaban J connectivity index is 1.96. The van der Waals surface area contributed by atoms with Gasteiger partial charge in [-0.25, -0.2) is 8.42 Å². The van der Waals surface area contributed by atoms with Crippen LogP contribution in [-0.2, 0) is 14.6 Å². The van der Waals surface area contributed by atoms with Crippen molar-refractivity contribution in [2.24, 2.45) is 0 Å². The lowest BCUT2D eigenvalue weighted by Crippen LogP contribution is -2.45. The Kier molecular flexibility index (Phi) is 3.62. The first-order valence-corrected chi connectivity index (χ1v) is 9.91. The molecule has 2 saturated heterocycles. The summed E-state index contributed by atoms with van der Waals surface area (Å²) in [7, 11) is -3.01. The molecule has 2 aliphatic rings. The Bertz CT molecular complexity index is 641. The van der Waals surface area contributed by atoms with Crippen LogP contribution in [0.2, 0.25) is 0 Å². The predicted molar refractivity (Wildman–Crippen MR) is 82.8 cm³/mol. The van der Waals surface area contributed by atoms with Gasteiger partial charge >= 0.3 is 0 Å². The van der Waals surface area contributed by atoms with Crippen molar-refractivity contribution < 1.29 is 13.2 Å². The highest BCUT2D eigenvalue weighted by atomic mass is 32.2. The highest BCUT2D eigenvalue weighted by molar-refractivity contribution is 7.91. The highest BCUT2D eigenvalue weighted by Crippen LogP contribution is 2.38. The number of hydrogen-bond donors (Lipinski definition) is 1. The third kappa shape index (κ3) is 2.51. The second kappa shape index (κ2) is 5.07. The van der Waals surface area contributed by atoms with Crippen LogP contribution < -0.4 is 5.32 Å². The number of hydrogen-bond acceptors (Lipinski definition) is 5. The van der Waals surface area contributed by atoms with Crippen LogP contribution in [0.15, 0.2) is 17.5 Å². The van der Waals surface area contributed by atoms with E-state index in [2.05, 4.69) is 5.32 Å². The summed E-state index contributed by atoms with van der Waals surface area (Å²) in [5, 5.41) is 5.39. The van der Waals surface area contributed by atoms with Crippen LogP contribution in [0.3, 0.4) is 0 Å². The fourth-order valence-electron chi connectivity index (χ4n) is 3.11. The van der Waals surface area contributed by atoms with Gasteiger partial charge in [-0.3, -0.25) is 10.1 Å². The van der Waals surface area contributed by atoms with Gasteiger partial charge in [-0.15, -0.1) is 11.3 Å². The average molecular weight is 328 g/mol. The van der Waals surface area contributed by atoms with E-state index in [1.165, 1.54) is 0 Å². The zero-order valence-corrected chi connectivity index (χ0v) is 13.8. The van der Waals surface area contributed by atoms with E-state index in [4.69, 9.17) is 0 Å². The van der Waals surface area contributed by atoms with E-state index in [0.29, 0.717) is 12.8 Å². The van der Waals surface area contributed by atoms with E-state index in [9.17, 15) is 13.2 Å². The number of rotatable bonds is 3. The SMILES string of the molecule is CCC1(C)NC(c2cccs2)N(C2CCS(=O)(=O)C2)C1=O. The Morgan fingerprint density at radius 3 is 2.81 bits per heavy atom. The molecule has 3 heterocycles. The van der Waals surface area contributed by atoms with Gasteiger partial charge in [0.2, 0.25) is 5.91 Å². The number of thiophene rings is 1. The van der Waals surface area contributed by atoms with Crippen molar-refractivity contribution in [1.82, 2.24) is 10.2 Å². The number of carbonyl (C=O) groups excluding carboxylic acids is 1. The standard InChI is InChI=1S/C14H20N2O3S2/c1-3-14(2)13(17)16(10-6-8-21(18,19)9-10)12(15-14)11-5-4-7-20-11/h4-5,7,10,12,15H,3,6,8-9H2,1-2H3. The zero-order valence-electron chi connectivity index (χ0n) is 12.2. The van der Waals surface area contributed by atoms with E-state index in [0.717, 1.165) is 4.88 Å². The molecule has 21 heavy (non-hydrogen) atoms. The first-order chi connectivity index (χ1) is 9.86. The number of carbonyl (C=O) groups is 1. The lowest BCUT2D eigenvalue weighted by molar-refractivity contribution is -0.134. The fraction of sp³-hybridized carbons (Fsp3) is 0.643. The lowest BCUT2D eigenvalue weighted by Gasteiger charge is -2.29. The summed E-state index contributed by atoms with van der Waals surface area (Å²) in [6, 6.07) is 3.74. The second-order valence-electron chi connectivity index (χ2n) is 6.02. The van der Waals surface area contributed by atoms with Gasteiger partial charge in [0.1, 0.15) is 6.17 Å². The summed E-state index contributed by atoms with van der Waals surface area (Å²) in [6.07, 6.45) is 1.02. The van der Waals surface area contributed by atoms with Gasteiger partial charge in [0, 0.05) is 10.9 Å². The first kappa shape index (κ1) is 15.0. The van der Waals surface area contributed by atoms with Crippen LogP contribution in [0.5, 0.6) is 0 Å². The topological polar surface area (TPSA) is 66.5 Å². The fourth-order valence-corrected chi connectivity index (χ4v) is 5.60. The lowest BCUT2D eigenvalue weighted by atomic mass is 9.99. The molecule has 0 radical (unpaired) electrons. The molecule has 2 fully saturated rings. The van der Waals surface area contributed by atoms with E-state index in [1.54, 1.807) is 16.2 Å². The van der Waals surface area contributed by atoms with Crippen molar-refractivity contribution in [3.8, 4) is 0 Å². The minimum atomic E-state index is -3.01. The molecular weight excluding hydrogens is 308 g/mol. The summed E-state index contributed by atoms with van der Waals surface area (Å²) in [5.41, 5.74) is -0.610. The van der Waals surface area contributed by atoms with Crippen molar-refractivity contribution in [1.29, 1.82) is 0 Å². The maximum Gasteiger partial charge on any atom is 0.244 e. The summed E-state index contributed by atoms with van der Waals surface area (Å²) >= 11 is 1.59. The molecule has 5 nitrogen and oxygen atoms in total. The first-order valence-electron chi connectivity index (χ1n) is 7.20. The van der Waals surface area contributed by atoms with Gasteiger partial charge in [-0.2, -0.15) is 0 Å². The molecule has 3 unspecified atom stereocenters. The summed E-state index contributed by atoms with van der Waals surface area (Å²) in [4.78, 5) is 15.7. The van der Waals surface area contributed by atoms with Crippen molar-refractivity contribution in [3.63, 3.8) is 0 Å². The normalized spacial score (nSPS) is 35.5. The molecular formula is C14H20N2O3S2. The quantitative estimate of drug-likeness (QED) is 0.914. The third-order valence-electron chi connectivity index (χ3n) is 4.56. The molecule has 0 bridgehead atoms. The van der Waals surface area contributed by atoms with Crippen molar-refractivity contribution in [2.75, 3.05) is 11.5 Å². The molecule has 1 aromatic rings. The molecule has 3 atom stereocenters. The second-order valence-corrected chi connectivity index (χ2v) is 9.23. The molecule has 0 aliphatic carbocycles. The summed E-state index contributed by atoms with van der Waals surface area (Å²) in [5.74, 6) is 0.286. The Morgan fingerprint density at radius 1 is 1.52 bits per heavy atom. The Hall–Kier alpha value is -0.920. The molecule has 7 heteroatoms. The molecule has 1 aromatic heterocycles. The van der Waals surface area contributed by atoms with Gasteiger partial charge in [0.25, 0.3) is 0 Å². The van der Waals surface area contributed by atoms with Gasteiger partial charge in [-0.1, -0.05) is 13.0 Å². The van der Waals surface area contributed by atoms with E-state index >= 15 is 0 Å². The van der Waals surface area contributed by atoms with Gasteiger partial charge in [0.05, 0.1) is 17.0 Å². The molecule has 3 rings (SSSR count). The predicted octanol–water partition coefficient (Wildman–Crippen LogP) is 1.53. The molecule has 1 amide bonds. The van der Waals surface area contributed by atoms with E-state index in [1.807, 2.05) is 31.4 Å². The Morgan fingerprint density at radius 2 is 2.29 bits per heavy atom. The molecule has 2 aliphatic heterocycles. The monoisotopic (exact) mass is 328 g/mol. The molecule has 0 spiro atoms. The summed E-state index contributed by atoms with van der Waals surface area (Å²) < 4.78 is 23.5. The van der Waals surface area contributed by atoms with Gasteiger partial charge in [0.15, 0.2) is 9.84 Å². The maximum atomic E-state index is 12.8. The molecule has 1 N–H and O–H groups in total. The van der Waals surface area contributed by atoms with Crippen LogP contribution in [0.25, 0.3) is 0 Å².